The number of halogens is 1. The molecule has 3 aliphatic rings. The molecule has 2 aromatic heterocycles. The molecule has 7 heteroatoms. The van der Waals surface area contributed by atoms with E-state index in [0.717, 1.165) is 53.4 Å². The van der Waals surface area contributed by atoms with Crippen molar-refractivity contribution < 1.29 is 9.13 Å². The molecule has 0 radical (unpaired) electrons. The molecule has 1 aliphatic carbocycles. The van der Waals surface area contributed by atoms with Gasteiger partial charge in [0.25, 0.3) is 0 Å². The van der Waals surface area contributed by atoms with Gasteiger partial charge in [0.05, 0.1) is 23.3 Å². The van der Waals surface area contributed by atoms with E-state index in [1.165, 1.54) is 6.07 Å². The van der Waals surface area contributed by atoms with Crippen LogP contribution in [0.1, 0.15) is 30.9 Å². The van der Waals surface area contributed by atoms with Crippen molar-refractivity contribution in [2.45, 2.75) is 31.3 Å². The van der Waals surface area contributed by atoms with Gasteiger partial charge in [-0.15, -0.1) is 0 Å². The molecule has 6 nitrogen and oxygen atoms in total. The Morgan fingerprint density at radius 3 is 3.00 bits per heavy atom. The van der Waals surface area contributed by atoms with Crippen molar-refractivity contribution in [2.24, 2.45) is 5.92 Å². The molecular weight excluding hydrogens is 381 g/mol. The zero-order valence-electron chi connectivity index (χ0n) is 17.2. The first kappa shape index (κ1) is 17.7. The maximum absolute atomic E-state index is 14.4. The first-order valence-corrected chi connectivity index (χ1v) is 10.5. The van der Waals surface area contributed by atoms with E-state index in [2.05, 4.69) is 28.4 Å². The first-order chi connectivity index (χ1) is 14.5. The van der Waals surface area contributed by atoms with Crippen LogP contribution in [0.2, 0.25) is 0 Å². The molecule has 154 valence electrons. The topological polar surface area (TPSA) is 45.9 Å². The van der Waals surface area contributed by atoms with Gasteiger partial charge in [-0.25, -0.2) is 13.9 Å². The molecular formula is C23H24FN5O. The Labute approximate surface area is 174 Å². The summed E-state index contributed by atoms with van der Waals surface area (Å²) in [5.41, 5.74) is 3.24. The minimum atomic E-state index is -0.247. The van der Waals surface area contributed by atoms with Gasteiger partial charge in [-0.3, -0.25) is 0 Å². The van der Waals surface area contributed by atoms with Crippen LogP contribution in [0.5, 0.6) is 5.75 Å². The van der Waals surface area contributed by atoms with Crippen LogP contribution in [0.25, 0.3) is 11.3 Å². The summed E-state index contributed by atoms with van der Waals surface area (Å²) in [6.07, 6.45) is 5.83. The van der Waals surface area contributed by atoms with Crippen LogP contribution in [0.4, 0.5) is 10.2 Å². The fraction of sp³-hybridized carbons (Fsp3) is 0.391. The molecule has 6 rings (SSSR count). The van der Waals surface area contributed by atoms with Crippen LogP contribution >= 0.6 is 0 Å². The van der Waals surface area contributed by atoms with Crippen molar-refractivity contribution in [3.63, 3.8) is 0 Å². The lowest BCUT2D eigenvalue weighted by Gasteiger charge is -2.31. The lowest BCUT2D eigenvalue weighted by atomic mass is 10.0. The van der Waals surface area contributed by atoms with Crippen LogP contribution in [-0.4, -0.2) is 45.7 Å². The second kappa shape index (κ2) is 5.97. The molecule has 2 bridgehead atoms. The van der Waals surface area contributed by atoms with Crippen molar-refractivity contribution in [3.8, 4) is 5.75 Å². The predicted molar refractivity (Wildman–Crippen MR) is 113 cm³/mol. The summed E-state index contributed by atoms with van der Waals surface area (Å²) >= 11 is 0. The smallest absolute Gasteiger partial charge is 0.166 e. The molecule has 3 atom stereocenters. The summed E-state index contributed by atoms with van der Waals surface area (Å²) in [4.78, 5) is 9.43. The van der Waals surface area contributed by atoms with Gasteiger partial charge in [-0.1, -0.05) is 6.58 Å². The highest BCUT2D eigenvalue weighted by Crippen LogP contribution is 2.65. The highest BCUT2D eigenvalue weighted by atomic mass is 19.1. The van der Waals surface area contributed by atoms with E-state index in [1.54, 1.807) is 16.6 Å². The predicted octanol–water partition coefficient (Wildman–Crippen LogP) is 3.68. The summed E-state index contributed by atoms with van der Waals surface area (Å²) in [6.45, 7) is 7.77. The number of piperidine rings is 1. The zero-order chi connectivity index (χ0) is 20.6. The molecule has 1 spiro atoms. The van der Waals surface area contributed by atoms with E-state index >= 15 is 0 Å². The summed E-state index contributed by atoms with van der Waals surface area (Å²) in [5, 5.41) is 4.47. The lowest BCUT2D eigenvalue weighted by molar-refractivity contribution is 0.218. The Morgan fingerprint density at radius 1 is 1.30 bits per heavy atom. The third-order valence-corrected chi connectivity index (χ3v) is 7.17. The molecule has 1 saturated heterocycles. The number of nitrogens with zero attached hydrogens (tertiary/aromatic N) is 5. The third-order valence-electron chi connectivity index (χ3n) is 7.17. The van der Waals surface area contributed by atoms with Gasteiger partial charge in [0.1, 0.15) is 24.0 Å². The number of hydrogen-bond acceptors (Lipinski definition) is 5. The zero-order valence-corrected chi connectivity index (χ0v) is 17.2. The first-order valence-electron chi connectivity index (χ1n) is 10.5. The van der Waals surface area contributed by atoms with Crippen molar-refractivity contribution >= 4 is 17.2 Å². The molecule has 2 aliphatic heterocycles. The van der Waals surface area contributed by atoms with E-state index in [0.29, 0.717) is 12.5 Å². The normalized spacial score (nSPS) is 27.6. The largest absolute Gasteiger partial charge is 0.491 e. The third kappa shape index (κ3) is 2.29. The minimum absolute atomic E-state index is 0.0708. The van der Waals surface area contributed by atoms with Gasteiger partial charge in [0, 0.05) is 31.0 Å². The van der Waals surface area contributed by atoms with E-state index in [-0.39, 0.29) is 17.4 Å². The van der Waals surface area contributed by atoms with Gasteiger partial charge < -0.3 is 14.5 Å². The van der Waals surface area contributed by atoms with Crippen LogP contribution in [0.15, 0.2) is 43.2 Å². The van der Waals surface area contributed by atoms with Crippen LogP contribution < -0.4 is 9.64 Å². The van der Waals surface area contributed by atoms with Gasteiger partial charge in [0.15, 0.2) is 5.65 Å². The SMILES string of the molecule is C=C1c2cnn3ccc(nc23)N2CC[C@H]3C[C@]32c2cc(F)ccc2OC[C@@H](C)N1C. The number of aromatic nitrogens is 3. The summed E-state index contributed by atoms with van der Waals surface area (Å²) in [7, 11) is 2.00. The molecule has 4 heterocycles. The molecule has 3 aromatic rings. The van der Waals surface area contributed by atoms with E-state index in [1.807, 2.05) is 25.5 Å². The molecule has 0 N–H and O–H groups in total. The maximum Gasteiger partial charge on any atom is 0.166 e. The highest BCUT2D eigenvalue weighted by Gasteiger charge is 2.64. The average Bonchev–Trinajstić information content (AvgIpc) is 3.14. The van der Waals surface area contributed by atoms with Crippen molar-refractivity contribution in [3.05, 3.63) is 60.2 Å². The van der Waals surface area contributed by atoms with Crippen LogP contribution in [0, 0.1) is 11.7 Å². The van der Waals surface area contributed by atoms with Gasteiger partial charge in [-0.05, 0) is 49.9 Å². The minimum Gasteiger partial charge on any atom is -0.491 e. The van der Waals surface area contributed by atoms with E-state index in [4.69, 9.17) is 9.72 Å². The second-order valence-corrected chi connectivity index (χ2v) is 8.74. The average molecular weight is 405 g/mol. The Balaban J connectivity index is 1.58. The fourth-order valence-electron chi connectivity index (χ4n) is 5.22. The van der Waals surface area contributed by atoms with Crippen molar-refractivity contribution in [1.82, 2.24) is 19.5 Å². The second-order valence-electron chi connectivity index (χ2n) is 8.74. The Kier molecular flexibility index (Phi) is 3.53. The Hall–Kier alpha value is -3.09. The van der Waals surface area contributed by atoms with E-state index < -0.39 is 0 Å². The van der Waals surface area contributed by atoms with Crippen molar-refractivity contribution in [1.29, 1.82) is 0 Å². The number of fused-ring (bicyclic) bond motifs is 3. The molecule has 2 fully saturated rings. The summed E-state index contributed by atoms with van der Waals surface area (Å²) in [5.74, 6) is 1.92. The Morgan fingerprint density at radius 2 is 2.17 bits per heavy atom. The van der Waals surface area contributed by atoms with Crippen molar-refractivity contribution in [2.75, 3.05) is 25.1 Å². The van der Waals surface area contributed by atoms with Crippen LogP contribution in [0.3, 0.4) is 0 Å². The number of benzene rings is 1. The van der Waals surface area contributed by atoms with Gasteiger partial charge in [-0.2, -0.15) is 5.10 Å². The standard InChI is InChI=1S/C23H24FN5O/c1-14-13-30-20-5-4-17(24)10-19(20)23-11-16(23)6-8-28(23)21-7-9-29-22(26-21)18(12-25-29)15(2)27(14)3/h4-5,7,9-10,12,14,16H,2,6,8,11,13H2,1,3H3/t14-,16+,23-/m1/s1. The number of rotatable bonds is 0. The fourth-order valence-corrected chi connectivity index (χ4v) is 5.22. The molecule has 0 unspecified atom stereocenters. The number of anilines is 1. The molecule has 0 amide bonds. The van der Waals surface area contributed by atoms with Crippen LogP contribution in [-0.2, 0) is 5.54 Å². The van der Waals surface area contributed by atoms with Gasteiger partial charge >= 0.3 is 0 Å². The monoisotopic (exact) mass is 405 g/mol. The number of likely N-dealkylation sites (N-methyl/N-ethyl adjacent to an activating group) is 1. The maximum atomic E-state index is 14.4. The molecule has 30 heavy (non-hydrogen) atoms. The Bertz CT molecular complexity index is 1190. The molecule has 1 saturated carbocycles. The lowest BCUT2D eigenvalue weighted by Crippen LogP contribution is -2.35. The highest BCUT2D eigenvalue weighted by molar-refractivity contribution is 5.74. The summed E-state index contributed by atoms with van der Waals surface area (Å²) in [6, 6.07) is 6.99. The van der Waals surface area contributed by atoms with E-state index in [9.17, 15) is 4.39 Å². The summed E-state index contributed by atoms with van der Waals surface area (Å²) < 4.78 is 22.4. The number of hydrogen-bond donors (Lipinski definition) is 0. The molecule has 1 aromatic carbocycles. The quantitative estimate of drug-likeness (QED) is 0.571. The van der Waals surface area contributed by atoms with Gasteiger partial charge in [0.2, 0.25) is 0 Å². The number of ether oxygens (including phenoxy) is 1.